The van der Waals surface area contributed by atoms with Crippen LogP contribution in [0.3, 0.4) is 0 Å². The monoisotopic (exact) mass is 226 g/mol. The van der Waals surface area contributed by atoms with Crippen LogP contribution in [-0.4, -0.2) is 4.98 Å². The number of aromatic amines is 1. The highest BCUT2D eigenvalue weighted by molar-refractivity contribution is 7.19. The van der Waals surface area contributed by atoms with E-state index in [0.717, 1.165) is 10.3 Å². The van der Waals surface area contributed by atoms with E-state index in [1.165, 1.54) is 11.3 Å². The molecule has 3 aromatic rings. The van der Waals surface area contributed by atoms with Crippen molar-refractivity contribution in [1.29, 1.82) is 5.26 Å². The van der Waals surface area contributed by atoms with Gasteiger partial charge in [-0.15, -0.1) is 11.3 Å². The van der Waals surface area contributed by atoms with Gasteiger partial charge in [0.1, 0.15) is 15.8 Å². The van der Waals surface area contributed by atoms with Gasteiger partial charge < -0.3 is 4.98 Å². The number of fused-ring (bicyclic) bond motifs is 2. The third kappa shape index (κ3) is 1.16. The lowest BCUT2D eigenvalue weighted by atomic mass is 10.2. The summed E-state index contributed by atoms with van der Waals surface area (Å²) in [6, 6.07) is 11.1. The van der Waals surface area contributed by atoms with E-state index in [0.29, 0.717) is 15.6 Å². The number of thiophene rings is 1. The lowest BCUT2D eigenvalue weighted by molar-refractivity contribution is 1.52. The summed E-state index contributed by atoms with van der Waals surface area (Å²) in [6.07, 6.45) is 0. The van der Waals surface area contributed by atoms with E-state index < -0.39 is 0 Å². The third-order valence-corrected chi connectivity index (χ3v) is 3.46. The summed E-state index contributed by atoms with van der Waals surface area (Å²) in [4.78, 5) is 16.6. The Balaban J connectivity index is 2.59. The number of benzene rings is 1. The Morgan fingerprint density at radius 3 is 2.88 bits per heavy atom. The van der Waals surface area contributed by atoms with Gasteiger partial charge in [-0.1, -0.05) is 12.1 Å². The van der Waals surface area contributed by atoms with Gasteiger partial charge >= 0.3 is 0 Å². The van der Waals surface area contributed by atoms with E-state index in [9.17, 15) is 4.79 Å². The van der Waals surface area contributed by atoms with Crippen molar-refractivity contribution in [2.24, 2.45) is 0 Å². The zero-order chi connectivity index (χ0) is 11.1. The second kappa shape index (κ2) is 3.19. The van der Waals surface area contributed by atoms with E-state index in [1.54, 1.807) is 12.1 Å². The third-order valence-electron chi connectivity index (χ3n) is 2.51. The summed E-state index contributed by atoms with van der Waals surface area (Å²) in [6.45, 7) is 0. The van der Waals surface area contributed by atoms with Crippen molar-refractivity contribution < 1.29 is 0 Å². The van der Waals surface area contributed by atoms with Crippen molar-refractivity contribution in [1.82, 2.24) is 4.98 Å². The molecule has 0 fully saturated rings. The molecule has 76 valence electrons. The van der Waals surface area contributed by atoms with Crippen LogP contribution in [0.5, 0.6) is 0 Å². The molecule has 3 rings (SSSR count). The molecule has 0 aliphatic rings. The van der Waals surface area contributed by atoms with Crippen molar-refractivity contribution in [3.63, 3.8) is 0 Å². The minimum absolute atomic E-state index is 0.0119. The number of rotatable bonds is 0. The molecule has 2 aromatic heterocycles. The number of aromatic nitrogens is 1. The van der Waals surface area contributed by atoms with Gasteiger partial charge in [-0.25, -0.2) is 0 Å². The molecule has 0 atom stereocenters. The van der Waals surface area contributed by atoms with Crippen LogP contribution in [0.15, 0.2) is 35.1 Å². The van der Waals surface area contributed by atoms with Gasteiger partial charge in [0.15, 0.2) is 5.43 Å². The molecule has 1 aromatic carbocycles. The molecular weight excluding hydrogens is 220 g/mol. The van der Waals surface area contributed by atoms with E-state index in [-0.39, 0.29) is 5.43 Å². The maximum atomic E-state index is 12.1. The van der Waals surface area contributed by atoms with Gasteiger partial charge in [0.25, 0.3) is 0 Å². The molecule has 0 radical (unpaired) electrons. The fourth-order valence-electron chi connectivity index (χ4n) is 1.77. The standard InChI is InChI=1S/C12H6N2OS/c13-6-7-5-9-11(15)8-3-1-2-4-10(8)14-12(9)16-7/h1-5H,(H,14,15). The molecule has 0 amide bonds. The lowest BCUT2D eigenvalue weighted by Crippen LogP contribution is -2.01. The van der Waals surface area contributed by atoms with Crippen molar-refractivity contribution >= 4 is 32.5 Å². The highest BCUT2D eigenvalue weighted by Gasteiger charge is 2.08. The second-order valence-electron chi connectivity index (χ2n) is 3.46. The zero-order valence-electron chi connectivity index (χ0n) is 8.15. The number of H-pyrrole nitrogens is 1. The Kier molecular flexibility index (Phi) is 1.82. The summed E-state index contributed by atoms with van der Waals surface area (Å²) in [7, 11) is 0. The highest BCUT2D eigenvalue weighted by Crippen LogP contribution is 2.22. The number of hydrogen-bond acceptors (Lipinski definition) is 3. The average molecular weight is 226 g/mol. The molecule has 0 aliphatic carbocycles. The molecule has 3 nitrogen and oxygen atoms in total. The predicted octanol–water partition coefficient (Wildman–Crippen LogP) is 2.61. The van der Waals surface area contributed by atoms with E-state index in [2.05, 4.69) is 11.1 Å². The number of hydrogen-bond donors (Lipinski definition) is 1. The molecule has 0 spiro atoms. The van der Waals surface area contributed by atoms with Crippen LogP contribution in [0.25, 0.3) is 21.1 Å². The minimum atomic E-state index is -0.0119. The Bertz CT molecular complexity index is 792. The molecule has 4 heteroatoms. The summed E-state index contributed by atoms with van der Waals surface area (Å²) >= 11 is 1.31. The number of para-hydroxylation sites is 1. The van der Waals surface area contributed by atoms with Gasteiger partial charge in [-0.05, 0) is 18.2 Å². The zero-order valence-corrected chi connectivity index (χ0v) is 8.97. The summed E-state index contributed by atoms with van der Waals surface area (Å²) < 4.78 is 0. The molecule has 1 N–H and O–H groups in total. The first-order chi connectivity index (χ1) is 7.79. The second-order valence-corrected chi connectivity index (χ2v) is 4.52. The summed E-state index contributed by atoms with van der Waals surface area (Å²) in [5.74, 6) is 0. The fourth-order valence-corrected chi connectivity index (χ4v) is 2.63. The Morgan fingerprint density at radius 2 is 2.06 bits per heavy atom. The van der Waals surface area contributed by atoms with Gasteiger partial charge in [0.05, 0.1) is 10.9 Å². The van der Waals surface area contributed by atoms with Gasteiger partial charge in [0.2, 0.25) is 0 Å². The minimum Gasteiger partial charge on any atom is -0.346 e. The van der Waals surface area contributed by atoms with Gasteiger partial charge in [0, 0.05) is 5.39 Å². The predicted molar refractivity (Wildman–Crippen MR) is 64.7 cm³/mol. The molecule has 0 unspecified atom stereocenters. The fraction of sp³-hybridized carbons (Fsp3) is 0. The molecule has 0 saturated heterocycles. The maximum absolute atomic E-state index is 12.1. The molecule has 0 bridgehead atoms. The van der Waals surface area contributed by atoms with Crippen molar-refractivity contribution in [2.45, 2.75) is 0 Å². The van der Waals surface area contributed by atoms with E-state index in [4.69, 9.17) is 5.26 Å². The van der Waals surface area contributed by atoms with E-state index >= 15 is 0 Å². The summed E-state index contributed by atoms with van der Waals surface area (Å²) in [5, 5.41) is 10.1. The van der Waals surface area contributed by atoms with Gasteiger partial charge in [-0.2, -0.15) is 5.26 Å². The van der Waals surface area contributed by atoms with Gasteiger partial charge in [-0.3, -0.25) is 4.79 Å². The van der Waals surface area contributed by atoms with Crippen LogP contribution in [0, 0.1) is 11.3 Å². The molecular formula is C12H6N2OS. The summed E-state index contributed by atoms with van der Waals surface area (Å²) in [5.41, 5.74) is 0.799. The van der Waals surface area contributed by atoms with Crippen LogP contribution >= 0.6 is 11.3 Å². The van der Waals surface area contributed by atoms with Crippen molar-refractivity contribution in [2.75, 3.05) is 0 Å². The first-order valence-corrected chi connectivity index (χ1v) is 5.56. The number of nitriles is 1. The Labute approximate surface area is 94.6 Å². The Morgan fingerprint density at radius 1 is 1.25 bits per heavy atom. The van der Waals surface area contributed by atoms with E-state index in [1.807, 2.05) is 18.2 Å². The first kappa shape index (κ1) is 9.13. The normalized spacial score (nSPS) is 10.7. The maximum Gasteiger partial charge on any atom is 0.198 e. The largest absolute Gasteiger partial charge is 0.346 e. The molecule has 2 heterocycles. The van der Waals surface area contributed by atoms with Crippen LogP contribution < -0.4 is 5.43 Å². The van der Waals surface area contributed by atoms with Crippen molar-refractivity contribution in [3.8, 4) is 6.07 Å². The number of nitrogens with zero attached hydrogens (tertiary/aromatic N) is 1. The van der Waals surface area contributed by atoms with Crippen LogP contribution in [0.4, 0.5) is 0 Å². The number of nitrogens with one attached hydrogen (secondary N) is 1. The van der Waals surface area contributed by atoms with Crippen LogP contribution in [-0.2, 0) is 0 Å². The van der Waals surface area contributed by atoms with Crippen molar-refractivity contribution in [3.05, 3.63) is 45.4 Å². The smallest absolute Gasteiger partial charge is 0.198 e. The first-order valence-electron chi connectivity index (χ1n) is 4.74. The number of pyridine rings is 1. The van der Waals surface area contributed by atoms with Crippen LogP contribution in [0.1, 0.15) is 4.88 Å². The lowest BCUT2D eigenvalue weighted by Gasteiger charge is -1.96. The average Bonchev–Trinajstić information content (AvgIpc) is 2.73. The molecule has 0 saturated carbocycles. The SMILES string of the molecule is N#Cc1cc2c(=O)c3ccccc3[nH]c2s1. The highest BCUT2D eigenvalue weighted by atomic mass is 32.1. The quantitative estimate of drug-likeness (QED) is 0.640. The molecule has 16 heavy (non-hydrogen) atoms. The topological polar surface area (TPSA) is 56.6 Å². The van der Waals surface area contributed by atoms with Crippen LogP contribution in [0.2, 0.25) is 0 Å². The Hall–Kier alpha value is -2.12. The molecule has 0 aliphatic heterocycles.